The fourth-order valence-corrected chi connectivity index (χ4v) is 3.38. The molecule has 0 radical (unpaired) electrons. The molecular weight excluding hydrogens is 460 g/mol. The molecule has 28 heavy (non-hydrogen) atoms. The minimum atomic E-state index is -0.559. The first-order chi connectivity index (χ1) is 12.4. The summed E-state index contributed by atoms with van der Waals surface area (Å²) in [6, 6.07) is 0.0476. The zero-order chi connectivity index (χ0) is 21.5. The molecule has 0 aromatic heterocycles. The Hall–Kier alpha value is 0.260. The van der Waals surface area contributed by atoms with Gasteiger partial charge in [0, 0.05) is 43.2 Å². The van der Waals surface area contributed by atoms with E-state index in [1.54, 1.807) is 20.8 Å². The van der Waals surface area contributed by atoms with Crippen molar-refractivity contribution < 1.29 is 19.1 Å². The smallest absolute Gasteiger partial charge is 0.407 e. The summed E-state index contributed by atoms with van der Waals surface area (Å²) in [7, 11) is 0. The van der Waals surface area contributed by atoms with Gasteiger partial charge in [-0.1, -0.05) is 23.5 Å². The Balaban J connectivity index is -0.000000665. The van der Waals surface area contributed by atoms with E-state index in [9.17, 15) is 14.4 Å². The average molecular weight is 495 g/mol. The summed E-state index contributed by atoms with van der Waals surface area (Å²) in [4.78, 5) is 33.6. The van der Waals surface area contributed by atoms with Gasteiger partial charge < -0.3 is 15.8 Å². The molecule has 0 spiro atoms. The van der Waals surface area contributed by atoms with Crippen LogP contribution in [-0.4, -0.2) is 57.0 Å². The molecule has 0 rings (SSSR count). The Kier molecular flexibility index (Phi) is 22.6. The fourth-order valence-electron chi connectivity index (χ4n) is 1.49. The topological polar surface area (TPSA) is 98.5 Å². The van der Waals surface area contributed by atoms with Gasteiger partial charge in [0.25, 0.3) is 0 Å². The van der Waals surface area contributed by atoms with Crippen LogP contribution in [0.1, 0.15) is 47.5 Å². The summed E-state index contributed by atoms with van der Waals surface area (Å²) in [5, 5.41) is 2.79. The van der Waals surface area contributed by atoms with E-state index < -0.39 is 11.7 Å². The largest absolute Gasteiger partial charge is 0.444 e. The van der Waals surface area contributed by atoms with Gasteiger partial charge in [-0.2, -0.15) is 25.3 Å². The zero-order valence-electron chi connectivity index (χ0n) is 17.2. The lowest BCUT2D eigenvalue weighted by molar-refractivity contribution is -0.109. The fraction of sp³-hybridized carbons (Fsp3) is 0.824. The van der Waals surface area contributed by atoms with Gasteiger partial charge in [-0.25, -0.2) is 4.79 Å². The third-order valence-electron chi connectivity index (χ3n) is 2.71. The van der Waals surface area contributed by atoms with Gasteiger partial charge in [0.1, 0.15) is 5.60 Å². The first kappa shape index (κ1) is 32.9. The Bertz CT molecular complexity index is 451. The number of thiol groups is 2. The minimum absolute atomic E-state index is 0. The third kappa shape index (κ3) is 26.3. The number of alkyl carbamates (subject to hydrolysis) is 1. The maximum absolute atomic E-state index is 11.7. The lowest BCUT2D eigenvalue weighted by atomic mass is 10.2. The van der Waals surface area contributed by atoms with Crippen LogP contribution in [-0.2, 0) is 14.3 Å². The van der Waals surface area contributed by atoms with Crippen molar-refractivity contribution in [2.75, 3.05) is 23.0 Å². The number of ether oxygens (including phenoxy) is 1. The molecule has 1 amide bonds. The molecule has 0 unspecified atom stereocenters. The Morgan fingerprint density at radius 2 is 1.61 bits per heavy atom. The molecule has 0 fully saturated rings. The van der Waals surface area contributed by atoms with E-state index in [2.05, 4.69) is 30.6 Å². The number of carbonyl (C=O) groups excluding carboxylic acids is 3. The van der Waals surface area contributed by atoms with Gasteiger partial charge in [-0.15, -0.1) is 12.4 Å². The normalized spacial score (nSPS) is 12.6. The molecule has 0 saturated heterocycles. The molecule has 11 heteroatoms. The first-order valence-electron chi connectivity index (χ1n) is 8.64. The van der Waals surface area contributed by atoms with Crippen molar-refractivity contribution in [1.29, 1.82) is 0 Å². The van der Waals surface area contributed by atoms with E-state index in [4.69, 9.17) is 10.5 Å². The molecule has 168 valence electrons. The van der Waals surface area contributed by atoms with Gasteiger partial charge in [-0.05, 0) is 39.4 Å². The second-order valence-corrected chi connectivity index (χ2v) is 10.0. The van der Waals surface area contributed by atoms with Crippen LogP contribution >= 0.6 is 61.2 Å². The summed E-state index contributed by atoms with van der Waals surface area (Å²) in [6.07, 6.45) is 1.08. The van der Waals surface area contributed by atoms with E-state index in [0.717, 1.165) is 29.7 Å². The molecular formula is C17H35ClN2O4S4. The molecule has 6 nitrogen and oxygen atoms in total. The van der Waals surface area contributed by atoms with Crippen LogP contribution < -0.4 is 11.1 Å². The average Bonchev–Trinajstić information content (AvgIpc) is 2.51. The molecule has 0 aliphatic carbocycles. The highest BCUT2D eigenvalue weighted by Gasteiger charge is 2.20. The third-order valence-corrected chi connectivity index (χ3v) is 5.26. The highest BCUT2D eigenvalue weighted by Crippen LogP contribution is 2.13. The number of carbonyl (C=O) groups is 3. The lowest BCUT2D eigenvalue weighted by Crippen LogP contribution is -2.41. The van der Waals surface area contributed by atoms with Crippen molar-refractivity contribution in [3.8, 4) is 0 Å². The van der Waals surface area contributed by atoms with Crippen molar-refractivity contribution in [2.45, 2.75) is 65.1 Å². The van der Waals surface area contributed by atoms with Gasteiger partial charge in [0.05, 0.1) is 0 Å². The highest BCUT2D eigenvalue weighted by atomic mass is 35.5. The lowest BCUT2D eigenvalue weighted by Gasteiger charge is -2.23. The Morgan fingerprint density at radius 1 is 1.07 bits per heavy atom. The van der Waals surface area contributed by atoms with Crippen molar-refractivity contribution in [2.24, 2.45) is 5.73 Å². The van der Waals surface area contributed by atoms with Crippen LogP contribution in [0.3, 0.4) is 0 Å². The molecule has 2 atom stereocenters. The van der Waals surface area contributed by atoms with Gasteiger partial charge in [0.15, 0.2) is 10.2 Å². The number of amides is 1. The number of thioether (sulfide) groups is 2. The van der Waals surface area contributed by atoms with E-state index in [1.807, 2.05) is 0 Å². The van der Waals surface area contributed by atoms with E-state index in [-0.39, 0.29) is 34.7 Å². The van der Waals surface area contributed by atoms with Crippen LogP contribution in [0.15, 0.2) is 0 Å². The second-order valence-electron chi connectivity index (χ2n) is 6.73. The summed E-state index contributed by atoms with van der Waals surface area (Å²) in [5.74, 6) is 2.71. The van der Waals surface area contributed by atoms with Crippen molar-refractivity contribution in [3.05, 3.63) is 0 Å². The predicted octanol–water partition coefficient (Wildman–Crippen LogP) is 3.81. The van der Waals surface area contributed by atoms with Crippen LogP contribution in [0.4, 0.5) is 4.79 Å². The van der Waals surface area contributed by atoms with E-state index in [0.29, 0.717) is 17.9 Å². The zero-order valence-corrected chi connectivity index (χ0v) is 21.5. The number of hydrogen-bond acceptors (Lipinski definition) is 9. The molecule has 0 aliphatic heterocycles. The van der Waals surface area contributed by atoms with E-state index >= 15 is 0 Å². The van der Waals surface area contributed by atoms with Crippen molar-refractivity contribution in [1.82, 2.24) is 5.32 Å². The second kappa shape index (κ2) is 19.2. The quantitative estimate of drug-likeness (QED) is 0.361. The van der Waals surface area contributed by atoms with E-state index in [1.165, 1.54) is 25.6 Å². The number of nitrogens with one attached hydrogen (secondary N) is 1. The maximum atomic E-state index is 11.7. The summed E-state index contributed by atoms with van der Waals surface area (Å²) in [5.41, 5.74) is 4.90. The first-order valence-corrected chi connectivity index (χ1v) is 11.9. The monoisotopic (exact) mass is 494 g/mol. The van der Waals surface area contributed by atoms with Gasteiger partial charge in [-0.3, -0.25) is 9.59 Å². The SMILES string of the molecule is CC(=O)SCC[C@@H](CSC(C)=O)NC(=O)OC(C)(C)C.Cl.N[C@H](CS)CCS. The van der Waals surface area contributed by atoms with Gasteiger partial charge >= 0.3 is 6.09 Å². The Labute approximate surface area is 195 Å². The molecule has 0 bridgehead atoms. The number of rotatable bonds is 9. The number of nitrogens with two attached hydrogens (primary N) is 1. The molecule has 0 heterocycles. The molecule has 3 N–H and O–H groups in total. The Morgan fingerprint density at radius 3 is 1.96 bits per heavy atom. The van der Waals surface area contributed by atoms with Crippen LogP contribution in [0, 0.1) is 0 Å². The summed E-state index contributed by atoms with van der Waals surface area (Å²) >= 11 is 10.4. The minimum Gasteiger partial charge on any atom is -0.444 e. The molecule has 0 saturated carbocycles. The predicted molar refractivity (Wildman–Crippen MR) is 132 cm³/mol. The summed E-state index contributed by atoms with van der Waals surface area (Å²) in [6.45, 7) is 8.36. The van der Waals surface area contributed by atoms with Crippen molar-refractivity contribution in [3.63, 3.8) is 0 Å². The molecule has 0 aliphatic rings. The standard InChI is InChI=1S/C13H23NO4S2.C4H11NS2.ClH/c1-9(15)19-7-6-11(8-20-10(2)16)14-12(17)18-13(3,4)5;5-4(3-7)1-2-6;/h11H,6-8H2,1-5H3,(H,14,17);4,6-7H,1-3,5H2;1H/t11-;4-;/m00./s1. The molecule has 0 aromatic carbocycles. The molecule has 0 aromatic rings. The maximum Gasteiger partial charge on any atom is 0.407 e. The highest BCUT2D eigenvalue weighted by molar-refractivity contribution is 8.13. The van der Waals surface area contributed by atoms with Gasteiger partial charge in [0.2, 0.25) is 0 Å². The number of hydrogen-bond donors (Lipinski definition) is 4. The van der Waals surface area contributed by atoms with Crippen LogP contribution in [0.25, 0.3) is 0 Å². The van der Waals surface area contributed by atoms with Crippen LogP contribution in [0.5, 0.6) is 0 Å². The summed E-state index contributed by atoms with van der Waals surface area (Å²) < 4.78 is 5.18. The number of halogens is 1. The van der Waals surface area contributed by atoms with Crippen molar-refractivity contribution >= 4 is 77.5 Å². The van der Waals surface area contributed by atoms with Crippen LogP contribution in [0.2, 0.25) is 0 Å².